The summed E-state index contributed by atoms with van der Waals surface area (Å²) >= 11 is 12.6. The number of nitrogens with one attached hydrogen (secondary N) is 1. The van der Waals surface area contributed by atoms with E-state index in [1.165, 1.54) is 9.21 Å². The first kappa shape index (κ1) is 33.4. The maximum Gasteiger partial charge on any atom is 0.243 e. The highest BCUT2D eigenvalue weighted by Crippen LogP contribution is 2.36. The number of hydrogen-bond donors (Lipinski definition) is 1. The van der Waals surface area contributed by atoms with Crippen LogP contribution in [0.4, 0.5) is 5.69 Å². The average molecular weight is 663 g/mol. The van der Waals surface area contributed by atoms with Crippen molar-refractivity contribution in [2.75, 3.05) is 30.4 Å². The minimum Gasteiger partial charge on any atom is -0.454 e. The van der Waals surface area contributed by atoms with Gasteiger partial charge < -0.3 is 19.7 Å². The second-order valence-electron chi connectivity index (χ2n) is 11.1. The highest BCUT2D eigenvalue weighted by atomic mass is 35.5. The van der Waals surface area contributed by atoms with E-state index < -0.39 is 16.1 Å². The van der Waals surface area contributed by atoms with Gasteiger partial charge in [0.15, 0.2) is 11.5 Å². The number of carbonyl (C=O) groups is 2. The number of fused-ring (bicyclic) bond motifs is 1. The number of carbonyl (C=O) groups excluding carboxylic acids is 2. The summed E-state index contributed by atoms with van der Waals surface area (Å²) in [5, 5.41) is 3.82. The van der Waals surface area contributed by atoms with E-state index >= 15 is 0 Å². The molecule has 236 valence electrons. The van der Waals surface area contributed by atoms with E-state index in [2.05, 4.69) is 5.32 Å². The number of halogens is 2. The summed E-state index contributed by atoms with van der Waals surface area (Å²) in [5.74, 6) is 0.614. The zero-order valence-corrected chi connectivity index (χ0v) is 27.3. The molecule has 1 aliphatic rings. The van der Waals surface area contributed by atoms with E-state index in [1.54, 1.807) is 36.4 Å². The van der Waals surface area contributed by atoms with Crippen LogP contribution < -0.4 is 19.1 Å². The molecule has 1 heterocycles. The summed E-state index contributed by atoms with van der Waals surface area (Å²) in [5.41, 5.74) is 1.93. The first-order valence-corrected chi connectivity index (χ1v) is 16.9. The molecule has 0 aliphatic carbocycles. The van der Waals surface area contributed by atoms with E-state index in [-0.39, 0.29) is 56.9 Å². The summed E-state index contributed by atoms with van der Waals surface area (Å²) in [4.78, 5) is 29.2. The molecular weight excluding hydrogens is 625 g/mol. The topological polar surface area (TPSA) is 105 Å². The van der Waals surface area contributed by atoms with Crippen molar-refractivity contribution in [1.82, 2.24) is 10.2 Å². The van der Waals surface area contributed by atoms with Crippen molar-refractivity contribution in [2.45, 2.75) is 45.7 Å². The molecule has 44 heavy (non-hydrogen) atoms. The van der Waals surface area contributed by atoms with Crippen molar-refractivity contribution in [3.63, 3.8) is 0 Å². The van der Waals surface area contributed by atoms with Gasteiger partial charge in [-0.2, -0.15) is 0 Å². The molecule has 0 fully saturated rings. The van der Waals surface area contributed by atoms with Crippen molar-refractivity contribution in [3.8, 4) is 11.5 Å². The third-order valence-corrected chi connectivity index (χ3v) is 8.89. The van der Waals surface area contributed by atoms with Crippen LogP contribution in [0.25, 0.3) is 0 Å². The first-order chi connectivity index (χ1) is 20.9. The van der Waals surface area contributed by atoms with Crippen molar-refractivity contribution in [3.05, 3.63) is 87.9 Å². The molecule has 12 heteroatoms. The van der Waals surface area contributed by atoms with Crippen LogP contribution in [-0.4, -0.2) is 57.3 Å². The van der Waals surface area contributed by atoms with Gasteiger partial charge in [-0.1, -0.05) is 73.4 Å². The predicted octanol–water partition coefficient (Wildman–Crippen LogP) is 5.68. The smallest absolute Gasteiger partial charge is 0.243 e. The third-order valence-electron chi connectivity index (χ3n) is 7.11. The van der Waals surface area contributed by atoms with Crippen LogP contribution >= 0.6 is 23.2 Å². The standard InChI is InChI=1S/C32H37Cl2N3O6S/c1-22(2)19-35-32(39)28(16-23-8-5-4-6-9-23)36(20-24-11-12-25(33)17-27(24)34)31(38)10-7-15-37(44(3,40)41)26-13-14-29-30(18-26)43-21-42-29/h4-6,8-9,11-14,17-18,22,28H,7,10,15-16,19-21H2,1-3H3,(H,35,39). The lowest BCUT2D eigenvalue weighted by Gasteiger charge is -2.32. The lowest BCUT2D eigenvalue weighted by atomic mass is 10.0. The summed E-state index contributed by atoms with van der Waals surface area (Å²) in [6.45, 7) is 4.62. The summed E-state index contributed by atoms with van der Waals surface area (Å²) in [7, 11) is -3.68. The highest BCUT2D eigenvalue weighted by Gasteiger charge is 2.31. The Labute approximate surface area is 269 Å². The number of anilines is 1. The van der Waals surface area contributed by atoms with Crippen molar-refractivity contribution in [2.24, 2.45) is 5.92 Å². The maximum atomic E-state index is 14.0. The Balaban J connectivity index is 1.59. The normalized spacial score (nSPS) is 13.0. The fourth-order valence-electron chi connectivity index (χ4n) is 4.85. The van der Waals surface area contributed by atoms with Gasteiger partial charge in [0, 0.05) is 48.6 Å². The van der Waals surface area contributed by atoms with E-state index in [1.807, 2.05) is 44.2 Å². The molecule has 9 nitrogen and oxygen atoms in total. The lowest BCUT2D eigenvalue weighted by Crippen LogP contribution is -2.51. The molecule has 1 aliphatic heterocycles. The van der Waals surface area contributed by atoms with Crippen LogP contribution in [0.3, 0.4) is 0 Å². The van der Waals surface area contributed by atoms with E-state index in [0.717, 1.165) is 11.8 Å². The van der Waals surface area contributed by atoms with Gasteiger partial charge in [0.25, 0.3) is 0 Å². The zero-order chi connectivity index (χ0) is 31.9. The van der Waals surface area contributed by atoms with Gasteiger partial charge in [0.1, 0.15) is 6.04 Å². The molecule has 1 atom stereocenters. The van der Waals surface area contributed by atoms with Crippen LogP contribution in [0.1, 0.15) is 37.8 Å². The summed E-state index contributed by atoms with van der Waals surface area (Å²) in [6, 6.07) is 18.6. The molecule has 3 aromatic carbocycles. The number of rotatable bonds is 14. The summed E-state index contributed by atoms with van der Waals surface area (Å²) < 4.78 is 37.5. The van der Waals surface area contributed by atoms with Gasteiger partial charge in [-0.3, -0.25) is 13.9 Å². The molecule has 1 unspecified atom stereocenters. The molecule has 0 spiro atoms. The molecule has 2 amide bonds. The highest BCUT2D eigenvalue weighted by molar-refractivity contribution is 7.92. The average Bonchev–Trinajstić information content (AvgIpc) is 3.44. The zero-order valence-electron chi connectivity index (χ0n) is 25.0. The second-order valence-corrected chi connectivity index (χ2v) is 13.8. The third kappa shape index (κ3) is 9.03. The van der Waals surface area contributed by atoms with E-state index in [9.17, 15) is 18.0 Å². The molecule has 1 N–H and O–H groups in total. The first-order valence-electron chi connectivity index (χ1n) is 14.3. The lowest BCUT2D eigenvalue weighted by molar-refractivity contribution is -0.141. The van der Waals surface area contributed by atoms with Crippen LogP contribution in [0.15, 0.2) is 66.7 Å². The molecule has 0 bridgehead atoms. The number of amides is 2. The molecule has 0 saturated carbocycles. The van der Waals surface area contributed by atoms with Gasteiger partial charge in [-0.05, 0) is 47.7 Å². The maximum absolute atomic E-state index is 14.0. The van der Waals surface area contributed by atoms with Crippen LogP contribution in [0.2, 0.25) is 10.0 Å². The van der Waals surface area contributed by atoms with Gasteiger partial charge in [0.2, 0.25) is 28.6 Å². The second kappa shape index (κ2) is 15.0. The van der Waals surface area contributed by atoms with Gasteiger partial charge in [-0.15, -0.1) is 0 Å². The molecule has 0 saturated heterocycles. The van der Waals surface area contributed by atoms with Crippen molar-refractivity contribution >= 4 is 50.7 Å². The van der Waals surface area contributed by atoms with Gasteiger partial charge in [0.05, 0.1) is 11.9 Å². The molecule has 3 aromatic rings. The van der Waals surface area contributed by atoms with Crippen molar-refractivity contribution in [1.29, 1.82) is 0 Å². The Morgan fingerprint density at radius 1 is 0.977 bits per heavy atom. The summed E-state index contributed by atoms with van der Waals surface area (Å²) in [6.07, 6.45) is 1.60. The number of nitrogens with zero attached hydrogens (tertiary/aromatic N) is 2. The fraction of sp³-hybridized carbons (Fsp3) is 0.375. The van der Waals surface area contributed by atoms with E-state index in [0.29, 0.717) is 39.3 Å². The number of sulfonamides is 1. The van der Waals surface area contributed by atoms with Crippen LogP contribution in [0, 0.1) is 5.92 Å². The molecule has 4 rings (SSSR count). The monoisotopic (exact) mass is 661 g/mol. The molecular formula is C32H37Cl2N3O6S. The Kier molecular flexibility index (Phi) is 11.4. The minimum absolute atomic E-state index is 0.00939. The number of ether oxygens (including phenoxy) is 2. The largest absolute Gasteiger partial charge is 0.454 e. The van der Waals surface area contributed by atoms with Crippen molar-refractivity contribution < 1.29 is 27.5 Å². The van der Waals surface area contributed by atoms with Gasteiger partial charge in [-0.25, -0.2) is 8.42 Å². The Hall–Kier alpha value is -3.47. The van der Waals surface area contributed by atoms with Gasteiger partial charge >= 0.3 is 0 Å². The number of hydrogen-bond acceptors (Lipinski definition) is 6. The molecule has 0 radical (unpaired) electrons. The Bertz CT molecular complexity index is 1570. The Morgan fingerprint density at radius 2 is 1.70 bits per heavy atom. The Morgan fingerprint density at radius 3 is 2.39 bits per heavy atom. The fourth-order valence-corrected chi connectivity index (χ4v) is 6.28. The van der Waals surface area contributed by atoms with Crippen LogP contribution in [-0.2, 0) is 32.6 Å². The molecule has 0 aromatic heterocycles. The van der Waals surface area contributed by atoms with E-state index in [4.69, 9.17) is 32.7 Å². The van der Waals surface area contributed by atoms with Crippen LogP contribution in [0.5, 0.6) is 11.5 Å². The number of benzene rings is 3. The quantitative estimate of drug-likeness (QED) is 0.238. The SMILES string of the molecule is CC(C)CNC(=O)C(Cc1ccccc1)N(Cc1ccc(Cl)cc1Cl)C(=O)CCCN(c1ccc2c(c1)OCO2)S(C)(=O)=O. The predicted molar refractivity (Wildman–Crippen MR) is 173 cm³/mol. The minimum atomic E-state index is -3.68.